The highest BCUT2D eigenvalue weighted by atomic mass is 19.3. The fraction of sp³-hybridized carbons (Fsp3) is 0.800. The van der Waals surface area contributed by atoms with E-state index >= 15 is 0 Å². The molecule has 0 saturated carbocycles. The lowest BCUT2D eigenvalue weighted by Gasteiger charge is -1.98. The molecule has 0 rings (SSSR count). The maximum absolute atomic E-state index is 11.2. The second kappa shape index (κ2) is 2.94. The minimum absolute atomic E-state index is 0.000000000000000222. The van der Waals surface area contributed by atoms with Crippen LogP contribution in [-0.2, 0) is 0 Å². The van der Waals surface area contributed by atoms with Crippen LogP contribution in [0.3, 0.4) is 0 Å². The van der Waals surface area contributed by atoms with Crippen LogP contribution in [0.1, 0.15) is 13.8 Å². The Balaban J connectivity index is 2.95. The van der Waals surface area contributed by atoms with Gasteiger partial charge in [-0.25, -0.2) is 8.78 Å². The van der Waals surface area contributed by atoms with E-state index in [1.807, 2.05) is 0 Å². The zero-order chi connectivity index (χ0) is 5.86. The van der Waals surface area contributed by atoms with Crippen molar-refractivity contribution in [3.8, 4) is 0 Å². The van der Waals surface area contributed by atoms with Gasteiger partial charge in [-0.3, -0.25) is 0 Å². The molecule has 0 saturated heterocycles. The standard InChI is InChI=1S/C5H9F2/c1-4(2)3-5(6)7/h3-5H,1-2H3. The van der Waals surface area contributed by atoms with Crippen molar-refractivity contribution >= 4 is 0 Å². The van der Waals surface area contributed by atoms with Gasteiger partial charge in [0.25, 0.3) is 0 Å². The van der Waals surface area contributed by atoms with Gasteiger partial charge >= 0.3 is 0 Å². The maximum atomic E-state index is 11.2. The first-order chi connectivity index (χ1) is 3.13. The topological polar surface area (TPSA) is 0 Å². The summed E-state index contributed by atoms with van der Waals surface area (Å²) < 4.78 is 22.5. The van der Waals surface area contributed by atoms with Gasteiger partial charge in [-0.05, 0) is 5.92 Å². The summed E-state index contributed by atoms with van der Waals surface area (Å²) in [5, 5.41) is 0. The van der Waals surface area contributed by atoms with Crippen molar-refractivity contribution in [3.63, 3.8) is 0 Å². The van der Waals surface area contributed by atoms with Crippen LogP contribution >= 0.6 is 0 Å². The highest BCUT2D eigenvalue weighted by molar-refractivity contribution is 4.70. The fourth-order valence-electron chi connectivity index (χ4n) is 0.291. The van der Waals surface area contributed by atoms with Crippen LogP contribution in [0.25, 0.3) is 0 Å². The zero-order valence-corrected chi connectivity index (χ0v) is 4.49. The molecule has 0 fully saturated rings. The molecule has 0 unspecified atom stereocenters. The molecule has 0 aliphatic heterocycles. The van der Waals surface area contributed by atoms with Crippen molar-refractivity contribution in [2.75, 3.05) is 0 Å². The Hall–Kier alpha value is -0.140. The molecular formula is C5H9F2. The van der Waals surface area contributed by atoms with Gasteiger partial charge in [-0.1, -0.05) is 13.8 Å². The van der Waals surface area contributed by atoms with Gasteiger partial charge in [-0.2, -0.15) is 0 Å². The molecule has 0 aromatic rings. The molecule has 0 N–H and O–H groups in total. The molecule has 0 aliphatic rings. The van der Waals surface area contributed by atoms with Gasteiger partial charge in [0.05, 0.1) is 0 Å². The number of hydrogen-bond acceptors (Lipinski definition) is 0. The molecule has 0 amide bonds. The third-order valence-electron chi connectivity index (χ3n) is 0.530. The summed E-state index contributed by atoms with van der Waals surface area (Å²) in [5.74, 6) is -0.000000000000000222. The van der Waals surface area contributed by atoms with E-state index in [1.54, 1.807) is 13.8 Å². The van der Waals surface area contributed by atoms with Crippen molar-refractivity contribution in [2.24, 2.45) is 5.92 Å². The molecule has 0 heterocycles. The summed E-state index contributed by atoms with van der Waals surface area (Å²) in [5.41, 5.74) is 0. The van der Waals surface area contributed by atoms with Crippen molar-refractivity contribution in [2.45, 2.75) is 20.3 Å². The molecule has 0 nitrogen and oxygen atoms in total. The van der Waals surface area contributed by atoms with Gasteiger partial charge in [0.15, 0.2) is 0 Å². The predicted molar refractivity (Wildman–Crippen MR) is 25.1 cm³/mol. The largest absolute Gasteiger partial charge is 0.242 e. The molecule has 0 bridgehead atoms. The molecule has 0 spiro atoms. The Labute approximate surface area is 42.5 Å². The second-order valence-electron chi connectivity index (χ2n) is 1.77. The van der Waals surface area contributed by atoms with Crippen molar-refractivity contribution in [1.82, 2.24) is 0 Å². The van der Waals surface area contributed by atoms with Crippen LogP contribution in [0.5, 0.6) is 0 Å². The van der Waals surface area contributed by atoms with Gasteiger partial charge < -0.3 is 0 Å². The quantitative estimate of drug-likeness (QED) is 0.507. The third kappa shape index (κ3) is 5.86. The van der Waals surface area contributed by atoms with E-state index in [2.05, 4.69) is 0 Å². The molecule has 0 aromatic carbocycles. The number of hydrogen-bond donors (Lipinski definition) is 0. The minimum Gasteiger partial charge on any atom is -0.210 e. The lowest BCUT2D eigenvalue weighted by atomic mass is 10.1. The first-order valence-electron chi connectivity index (χ1n) is 2.26. The van der Waals surface area contributed by atoms with Gasteiger partial charge in [0.1, 0.15) is 0 Å². The van der Waals surface area contributed by atoms with E-state index in [4.69, 9.17) is 0 Å². The fourth-order valence-corrected chi connectivity index (χ4v) is 0.291. The smallest absolute Gasteiger partial charge is 0.210 e. The van der Waals surface area contributed by atoms with E-state index in [0.29, 0.717) is 0 Å². The van der Waals surface area contributed by atoms with Gasteiger partial charge in [0, 0.05) is 6.42 Å². The highest BCUT2D eigenvalue weighted by Gasteiger charge is 2.04. The van der Waals surface area contributed by atoms with Crippen LogP contribution in [0.15, 0.2) is 0 Å². The van der Waals surface area contributed by atoms with Crippen LogP contribution in [0, 0.1) is 12.3 Å². The number of rotatable bonds is 2. The normalized spacial score (nSPS) is 11.1. The molecule has 43 valence electrons. The van der Waals surface area contributed by atoms with Crippen LogP contribution in [-0.4, -0.2) is 6.43 Å². The van der Waals surface area contributed by atoms with E-state index in [0.717, 1.165) is 6.42 Å². The van der Waals surface area contributed by atoms with E-state index in [-0.39, 0.29) is 5.92 Å². The summed E-state index contributed by atoms with van der Waals surface area (Å²) in [6, 6.07) is 0. The Morgan fingerprint density at radius 3 is 1.71 bits per heavy atom. The highest BCUT2D eigenvalue weighted by Crippen LogP contribution is 2.05. The SMILES string of the molecule is CC(C)[CH]C(F)F. The third-order valence-corrected chi connectivity index (χ3v) is 0.530. The summed E-state index contributed by atoms with van der Waals surface area (Å²) in [6.45, 7) is 3.46. The van der Waals surface area contributed by atoms with Gasteiger partial charge in [0.2, 0.25) is 6.43 Å². The van der Waals surface area contributed by atoms with Crippen LogP contribution in [0.4, 0.5) is 8.78 Å². The Bertz CT molecular complexity index is 35.3. The van der Waals surface area contributed by atoms with Crippen LogP contribution < -0.4 is 0 Å². The summed E-state index contributed by atoms with van der Waals surface area (Å²) >= 11 is 0. The monoisotopic (exact) mass is 107 g/mol. The Morgan fingerprint density at radius 1 is 1.29 bits per heavy atom. The molecule has 1 radical (unpaired) electrons. The number of alkyl halides is 2. The van der Waals surface area contributed by atoms with Crippen LogP contribution in [0.2, 0.25) is 0 Å². The average Bonchev–Trinajstić information content (AvgIpc) is 1.27. The Kier molecular flexibility index (Phi) is 2.88. The van der Waals surface area contributed by atoms with E-state index in [9.17, 15) is 8.78 Å². The minimum atomic E-state index is -2.25. The molecule has 0 aromatic heterocycles. The molecule has 0 aliphatic carbocycles. The molecule has 0 atom stereocenters. The maximum Gasteiger partial charge on any atom is 0.242 e. The average molecular weight is 107 g/mol. The Morgan fingerprint density at radius 2 is 1.71 bits per heavy atom. The molecule has 7 heavy (non-hydrogen) atoms. The predicted octanol–water partition coefficient (Wildman–Crippen LogP) is 2.11. The van der Waals surface area contributed by atoms with E-state index in [1.165, 1.54) is 0 Å². The summed E-state index contributed by atoms with van der Waals surface area (Å²) in [6.07, 6.45) is -1.25. The lowest BCUT2D eigenvalue weighted by molar-refractivity contribution is 0.173. The summed E-state index contributed by atoms with van der Waals surface area (Å²) in [7, 11) is 0. The van der Waals surface area contributed by atoms with Gasteiger partial charge in [-0.15, -0.1) is 0 Å². The van der Waals surface area contributed by atoms with Crippen molar-refractivity contribution < 1.29 is 8.78 Å². The number of halogens is 2. The van der Waals surface area contributed by atoms with Crippen molar-refractivity contribution in [3.05, 3.63) is 6.42 Å². The van der Waals surface area contributed by atoms with Crippen molar-refractivity contribution in [1.29, 1.82) is 0 Å². The van der Waals surface area contributed by atoms with E-state index < -0.39 is 6.43 Å². The zero-order valence-electron chi connectivity index (χ0n) is 4.49. The summed E-state index contributed by atoms with van der Waals surface area (Å²) in [4.78, 5) is 0. The molecular weight excluding hydrogens is 98.1 g/mol. The molecule has 2 heteroatoms. The lowest BCUT2D eigenvalue weighted by Crippen LogP contribution is -1.97. The first-order valence-corrected chi connectivity index (χ1v) is 2.26. The second-order valence-corrected chi connectivity index (χ2v) is 1.77. The first kappa shape index (κ1) is 6.86.